The van der Waals surface area contributed by atoms with E-state index in [0.717, 1.165) is 70.4 Å². The molecule has 1 fully saturated rings. The van der Waals surface area contributed by atoms with Crippen molar-refractivity contribution >= 4 is 17.6 Å². The van der Waals surface area contributed by atoms with Gasteiger partial charge in [0.2, 0.25) is 5.91 Å². The lowest BCUT2D eigenvalue weighted by atomic mass is 9.81. The van der Waals surface area contributed by atoms with Gasteiger partial charge in [-0.15, -0.1) is 0 Å². The smallest absolute Gasteiger partial charge is 0.337 e. The highest BCUT2D eigenvalue weighted by molar-refractivity contribution is 6.02. The summed E-state index contributed by atoms with van der Waals surface area (Å²) in [6.45, 7) is 14.4. The fraction of sp³-hybridized carbons (Fsp3) is 0.429. The number of aliphatic carboxylic acids is 1. The van der Waals surface area contributed by atoms with Crippen LogP contribution in [-0.2, 0) is 20.7 Å². The van der Waals surface area contributed by atoms with Crippen LogP contribution in [0, 0.1) is 33.6 Å². The highest BCUT2D eigenvalue weighted by Gasteiger charge is 2.36. The third-order valence-corrected chi connectivity index (χ3v) is 8.20. The molecule has 6 nitrogen and oxygen atoms in total. The quantitative estimate of drug-likeness (QED) is 0.310. The van der Waals surface area contributed by atoms with Gasteiger partial charge in [-0.1, -0.05) is 24.3 Å². The van der Waals surface area contributed by atoms with Gasteiger partial charge in [-0.25, -0.2) is 4.79 Å². The molecule has 0 bridgehead atoms. The molecule has 6 heteroatoms. The number of carboxylic acid groups (broad SMARTS) is 1. The number of carbonyl (C=O) groups excluding carboxylic acids is 1. The predicted molar refractivity (Wildman–Crippen MR) is 163 cm³/mol. The SMILES string of the molecule is Cc1ccc(-c2c(C)c(-c3ccc4c(c3)CCCO4)c(C(OC(C)(C)C)C(=O)O)c(C)c2NC(=O)C2CC2)cc1C. The first kappa shape index (κ1) is 28.9. The molecular formula is C35H41NO5. The average molecular weight is 556 g/mol. The number of hydrogen-bond donors (Lipinski definition) is 2. The van der Waals surface area contributed by atoms with Gasteiger partial charge in [0.1, 0.15) is 5.75 Å². The maximum absolute atomic E-state index is 13.2. The molecule has 0 aromatic heterocycles. The summed E-state index contributed by atoms with van der Waals surface area (Å²) >= 11 is 0. The summed E-state index contributed by atoms with van der Waals surface area (Å²) in [5.41, 5.74) is 9.20. The van der Waals surface area contributed by atoms with Crippen LogP contribution >= 0.6 is 0 Å². The topological polar surface area (TPSA) is 84.9 Å². The van der Waals surface area contributed by atoms with E-state index in [0.29, 0.717) is 23.4 Å². The molecule has 1 aliphatic carbocycles. The second kappa shape index (κ2) is 11.0. The summed E-state index contributed by atoms with van der Waals surface area (Å²) in [6, 6.07) is 12.5. The third kappa shape index (κ3) is 5.89. The van der Waals surface area contributed by atoms with Gasteiger partial charge in [0, 0.05) is 17.0 Å². The Hall–Kier alpha value is -3.64. The Labute approximate surface area is 243 Å². The molecule has 1 aliphatic heterocycles. The monoisotopic (exact) mass is 555 g/mol. The summed E-state index contributed by atoms with van der Waals surface area (Å²) in [6.07, 6.45) is 2.34. The van der Waals surface area contributed by atoms with Gasteiger partial charge in [-0.05, 0) is 131 Å². The molecule has 0 radical (unpaired) electrons. The normalized spacial score (nSPS) is 15.6. The third-order valence-electron chi connectivity index (χ3n) is 8.20. The Morgan fingerprint density at radius 2 is 1.63 bits per heavy atom. The van der Waals surface area contributed by atoms with Crippen LogP contribution in [0.5, 0.6) is 5.75 Å². The number of fused-ring (bicyclic) bond motifs is 1. The Morgan fingerprint density at radius 1 is 0.951 bits per heavy atom. The Balaban J connectivity index is 1.86. The van der Waals surface area contributed by atoms with Gasteiger partial charge in [0.15, 0.2) is 6.10 Å². The highest BCUT2D eigenvalue weighted by atomic mass is 16.5. The molecule has 1 amide bonds. The zero-order chi connectivity index (χ0) is 29.6. The van der Waals surface area contributed by atoms with E-state index < -0.39 is 17.7 Å². The van der Waals surface area contributed by atoms with Crippen LogP contribution in [0.25, 0.3) is 22.3 Å². The number of rotatable bonds is 7. The molecule has 1 saturated carbocycles. The van der Waals surface area contributed by atoms with E-state index in [2.05, 4.69) is 43.4 Å². The first-order chi connectivity index (χ1) is 19.4. The second-order valence-electron chi connectivity index (χ2n) is 12.6. The van der Waals surface area contributed by atoms with Gasteiger partial charge < -0.3 is 19.9 Å². The van der Waals surface area contributed by atoms with E-state index in [-0.39, 0.29) is 11.8 Å². The van der Waals surface area contributed by atoms with E-state index in [1.807, 2.05) is 46.8 Å². The molecule has 0 saturated heterocycles. The summed E-state index contributed by atoms with van der Waals surface area (Å²) in [7, 11) is 0. The van der Waals surface area contributed by atoms with Crippen molar-refractivity contribution < 1.29 is 24.2 Å². The maximum Gasteiger partial charge on any atom is 0.337 e. The lowest BCUT2D eigenvalue weighted by Gasteiger charge is -2.31. The van der Waals surface area contributed by atoms with Gasteiger partial charge in [0.25, 0.3) is 0 Å². The Bertz CT molecular complexity index is 1530. The molecule has 1 unspecified atom stereocenters. The lowest BCUT2D eigenvalue weighted by molar-refractivity contribution is -0.160. The largest absolute Gasteiger partial charge is 0.493 e. The molecule has 2 aliphatic rings. The van der Waals surface area contributed by atoms with Crippen molar-refractivity contribution in [3.8, 4) is 28.0 Å². The minimum atomic E-state index is -1.23. The van der Waals surface area contributed by atoms with Crippen LogP contribution < -0.4 is 10.1 Å². The van der Waals surface area contributed by atoms with Crippen molar-refractivity contribution in [2.75, 3.05) is 11.9 Å². The number of benzene rings is 3. The minimum Gasteiger partial charge on any atom is -0.493 e. The number of aryl methyl sites for hydroxylation is 3. The molecule has 41 heavy (non-hydrogen) atoms. The zero-order valence-corrected chi connectivity index (χ0v) is 25.2. The van der Waals surface area contributed by atoms with E-state index in [9.17, 15) is 14.7 Å². The summed E-state index contributed by atoms with van der Waals surface area (Å²) in [4.78, 5) is 26.1. The van der Waals surface area contributed by atoms with Gasteiger partial charge in [-0.2, -0.15) is 0 Å². The first-order valence-electron chi connectivity index (χ1n) is 14.6. The van der Waals surface area contributed by atoms with Crippen molar-refractivity contribution in [1.82, 2.24) is 0 Å². The summed E-state index contributed by atoms with van der Waals surface area (Å²) in [5, 5.41) is 13.8. The lowest BCUT2D eigenvalue weighted by Crippen LogP contribution is -2.29. The molecule has 2 N–H and O–H groups in total. The first-order valence-corrected chi connectivity index (χ1v) is 14.6. The van der Waals surface area contributed by atoms with Crippen LogP contribution in [0.15, 0.2) is 36.4 Å². The number of hydrogen-bond acceptors (Lipinski definition) is 4. The second-order valence-corrected chi connectivity index (χ2v) is 12.6. The van der Waals surface area contributed by atoms with E-state index in [1.165, 1.54) is 5.56 Å². The van der Waals surface area contributed by atoms with Crippen LogP contribution in [0.4, 0.5) is 5.69 Å². The number of amides is 1. The molecule has 1 heterocycles. The van der Waals surface area contributed by atoms with Crippen molar-refractivity contribution in [3.63, 3.8) is 0 Å². The molecule has 5 rings (SSSR count). The maximum atomic E-state index is 13.2. The van der Waals surface area contributed by atoms with Crippen LogP contribution in [-0.4, -0.2) is 29.2 Å². The van der Waals surface area contributed by atoms with Gasteiger partial charge in [-0.3, -0.25) is 4.79 Å². The average Bonchev–Trinajstić information content (AvgIpc) is 3.76. The molecular weight excluding hydrogens is 514 g/mol. The van der Waals surface area contributed by atoms with Crippen molar-refractivity contribution in [3.05, 3.63) is 69.8 Å². The summed E-state index contributed by atoms with van der Waals surface area (Å²) < 4.78 is 12.2. The van der Waals surface area contributed by atoms with Crippen molar-refractivity contribution in [1.29, 1.82) is 0 Å². The van der Waals surface area contributed by atoms with Crippen LogP contribution in [0.3, 0.4) is 0 Å². The Kier molecular flexibility index (Phi) is 7.73. The zero-order valence-electron chi connectivity index (χ0n) is 25.2. The van der Waals surface area contributed by atoms with Gasteiger partial charge in [0.05, 0.1) is 17.9 Å². The molecule has 216 valence electrons. The van der Waals surface area contributed by atoms with Crippen molar-refractivity contribution in [2.24, 2.45) is 5.92 Å². The fourth-order valence-electron chi connectivity index (χ4n) is 5.81. The molecule has 1 atom stereocenters. The van der Waals surface area contributed by atoms with E-state index in [4.69, 9.17) is 9.47 Å². The fourth-order valence-corrected chi connectivity index (χ4v) is 5.81. The number of nitrogens with one attached hydrogen (secondary N) is 1. The number of anilines is 1. The Morgan fingerprint density at radius 3 is 2.27 bits per heavy atom. The minimum absolute atomic E-state index is 0.00724. The number of carbonyl (C=O) groups is 2. The number of ether oxygens (including phenoxy) is 2. The van der Waals surface area contributed by atoms with Crippen LogP contribution in [0.1, 0.15) is 79.5 Å². The van der Waals surface area contributed by atoms with Crippen molar-refractivity contribution in [2.45, 2.75) is 85.9 Å². The standard InChI is InChI=1S/C35H41NO5/c1-19-10-11-25(17-20(19)2)29-21(3)28(26-14-15-27-24(18-26)9-8-16-40-27)30(32(34(38)39)41-35(5,6)7)22(4)31(29)36-33(37)23-12-13-23/h10-11,14-15,17-18,23,32H,8-9,12-13,16H2,1-7H3,(H,36,37)(H,38,39). The summed E-state index contributed by atoms with van der Waals surface area (Å²) in [5.74, 6) is -0.222. The predicted octanol–water partition coefficient (Wildman–Crippen LogP) is 7.87. The molecule has 0 spiro atoms. The van der Waals surface area contributed by atoms with Crippen LogP contribution in [0.2, 0.25) is 0 Å². The highest BCUT2D eigenvalue weighted by Crippen LogP contribution is 2.48. The van der Waals surface area contributed by atoms with E-state index >= 15 is 0 Å². The molecule has 3 aromatic carbocycles. The van der Waals surface area contributed by atoms with Gasteiger partial charge >= 0.3 is 5.97 Å². The molecule has 3 aromatic rings. The van der Waals surface area contributed by atoms with E-state index in [1.54, 1.807) is 0 Å². The number of carboxylic acids is 1.